The van der Waals surface area contributed by atoms with Gasteiger partial charge < -0.3 is 0 Å². The minimum absolute atomic E-state index is 0.0568. The summed E-state index contributed by atoms with van der Waals surface area (Å²) in [5.41, 5.74) is 0. The van der Waals surface area contributed by atoms with Crippen LogP contribution in [0.1, 0.15) is 19.8 Å². The summed E-state index contributed by atoms with van der Waals surface area (Å²) in [6.45, 7) is 1.74. The first-order valence-electron chi connectivity index (χ1n) is 4.93. The number of carbonyl (C=O) groups excluding carboxylic acids is 2. The van der Waals surface area contributed by atoms with Crippen molar-refractivity contribution in [2.45, 2.75) is 29.4 Å². The molecule has 2 nitrogen and oxygen atoms in total. The van der Waals surface area contributed by atoms with Gasteiger partial charge in [0.2, 0.25) is 0 Å². The molecule has 0 atom stereocenters. The highest BCUT2D eigenvalue weighted by Crippen LogP contribution is 2.39. The number of carbonyl (C=O) groups is 2. The summed E-state index contributed by atoms with van der Waals surface area (Å²) in [7, 11) is 0. The fourth-order valence-corrected chi connectivity index (χ4v) is 2.89. The van der Waals surface area contributed by atoms with Gasteiger partial charge in [-0.3, -0.25) is 9.59 Å². The number of ketones is 2. The third-order valence-electron chi connectivity index (χ3n) is 2.71. The van der Waals surface area contributed by atoms with E-state index in [9.17, 15) is 9.59 Å². The van der Waals surface area contributed by atoms with Crippen molar-refractivity contribution in [2.75, 3.05) is 0 Å². The maximum absolute atomic E-state index is 11.7. The molecule has 0 bridgehead atoms. The van der Waals surface area contributed by atoms with Gasteiger partial charge in [-0.1, -0.05) is 18.2 Å². The van der Waals surface area contributed by atoms with E-state index in [1.807, 2.05) is 30.3 Å². The van der Waals surface area contributed by atoms with Crippen molar-refractivity contribution < 1.29 is 9.59 Å². The minimum atomic E-state index is -0.846. The molecule has 78 valence electrons. The Hall–Kier alpha value is -1.09. The fourth-order valence-electron chi connectivity index (χ4n) is 1.70. The smallest absolute Gasteiger partial charge is 0.156 e. The molecule has 1 fully saturated rings. The lowest BCUT2D eigenvalue weighted by molar-refractivity contribution is -0.124. The molecule has 0 aliphatic heterocycles. The van der Waals surface area contributed by atoms with E-state index < -0.39 is 4.75 Å². The summed E-state index contributed by atoms with van der Waals surface area (Å²) in [5, 5.41) is 0. The zero-order valence-corrected chi connectivity index (χ0v) is 9.34. The first-order valence-corrected chi connectivity index (χ1v) is 5.75. The molecule has 0 heterocycles. The highest BCUT2D eigenvalue weighted by molar-refractivity contribution is 8.02. The third-order valence-corrected chi connectivity index (χ3v) is 4.08. The van der Waals surface area contributed by atoms with Crippen LogP contribution in [0.5, 0.6) is 0 Å². The number of Topliss-reactive ketones (excluding diaryl/α,β-unsaturated/α-hetero) is 2. The Labute approximate surface area is 93.1 Å². The Kier molecular flexibility index (Phi) is 2.65. The highest BCUT2D eigenvalue weighted by Gasteiger charge is 2.46. The first kappa shape index (κ1) is 10.4. The van der Waals surface area contributed by atoms with Gasteiger partial charge in [-0.2, -0.15) is 0 Å². The molecule has 1 aromatic rings. The van der Waals surface area contributed by atoms with E-state index in [0.717, 1.165) is 4.90 Å². The lowest BCUT2D eigenvalue weighted by Gasteiger charge is -2.19. The van der Waals surface area contributed by atoms with Crippen molar-refractivity contribution in [2.24, 2.45) is 0 Å². The lowest BCUT2D eigenvalue weighted by atomic mass is 10.1. The van der Waals surface area contributed by atoms with Gasteiger partial charge in [0.1, 0.15) is 4.75 Å². The van der Waals surface area contributed by atoms with Crippen LogP contribution >= 0.6 is 11.8 Å². The van der Waals surface area contributed by atoms with Crippen LogP contribution in [0, 0.1) is 0 Å². The summed E-state index contributed by atoms with van der Waals surface area (Å²) in [4.78, 5) is 24.3. The van der Waals surface area contributed by atoms with Gasteiger partial charge in [-0.05, 0) is 19.1 Å². The second kappa shape index (κ2) is 3.81. The summed E-state index contributed by atoms with van der Waals surface area (Å²) in [5.74, 6) is 0.114. The topological polar surface area (TPSA) is 34.1 Å². The molecule has 0 aromatic heterocycles. The molecule has 0 saturated heterocycles. The van der Waals surface area contributed by atoms with Crippen molar-refractivity contribution >= 4 is 23.3 Å². The molecular formula is C12H12O2S. The highest BCUT2D eigenvalue weighted by atomic mass is 32.2. The summed E-state index contributed by atoms with van der Waals surface area (Å²) >= 11 is 1.37. The number of hydrogen-bond donors (Lipinski definition) is 0. The van der Waals surface area contributed by atoms with Crippen LogP contribution < -0.4 is 0 Å². The lowest BCUT2D eigenvalue weighted by Crippen LogP contribution is -2.32. The Morgan fingerprint density at radius 2 is 1.60 bits per heavy atom. The number of thioether (sulfide) groups is 1. The largest absolute Gasteiger partial charge is 0.298 e. The third kappa shape index (κ3) is 1.84. The van der Waals surface area contributed by atoms with Gasteiger partial charge in [0.25, 0.3) is 0 Å². The maximum Gasteiger partial charge on any atom is 0.156 e. The Bertz CT molecular complexity index is 381. The van der Waals surface area contributed by atoms with Crippen molar-refractivity contribution in [3.8, 4) is 0 Å². The van der Waals surface area contributed by atoms with E-state index in [4.69, 9.17) is 0 Å². The molecule has 2 rings (SSSR count). The number of rotatable bonds is 2. The second-order valence-electron chi connectivity index (χ2n) is 3.79. The molecule has 1 aromatic carbocycles. The van der Waals surface area contributed by atoms with E-state index >= 15 is 0 Å². The Morgan fingerprint density at radius 1 is 1.07 bits per heavy atom. The summed E-state index contributed by atoms with van der Waals surface area (Å²) in [6, 6.07) is 9.60. The summed E-state index contributed by atoms with van der Waals surface area (Å²) in [6.07, 6.45) is 0.796. The SMILES string of the molecule is CC1(Sc2ccccc2)C(=O)CCC1=O. The molecule has 3 heteroatoms. The zero-order chi connectivity index (χ0) is 10.9. The maximum atomic E-state index is 11.7. The van der Waals surface area contributed by atoms with E-state index in [1.54, 1.807) is 6.92 Å². The molecule has 0 spiro atoms. The van der Waals surface area contributed by atoms with Crippen LogP contribution in [0.25, 0.3) is 0 Å². The van der Waals surface area contributed by atoms with Crippen LogP contribution in [0.3, 0.4) is 0 Å². The molecule has 0 amide bonds. The molecule has 1 saturated carbocycles. The van der Waals surface area contributed by atoms with E-state index in [1.165, 1.54) is 11.8 Å². The van der Waals surface area contributed by atoms with Crippen LogP contribution in [-0.4, -0.2) is 16.3 Å². The average molecular weight is 220 g/mol. The molecule has 0 unspecified atom stereocenters. The van der Waals surface area contributed by atoms with Gasteiger partial charge in [-0.15, -0.1) is 11.8 Å². The normalized spacial score (nSPS) is 19.5. The van der Waals surface area contributed by atoms with Gasteiger partial charge in [0.15, 0.2) is 11.6 Å². The van der Waals surface area contributed by atoms with Crippen molar-refractivity contribution in [3.05, 3.63) is 30.3 Å². The molecule has 0 N–H and O–H groups in total. The van der Waals surface area contributed by atoms with Gasteiger partial charge in [0.05, 0.1) is 0 Å². The van der Waals surface area contributed by atoms with Gasteiger partial charge in [0, 0.05) is 17.7 Å². The predicted octanol–water partition coefficient (Wildman–Crippen LogP) is 2.47. The van der Waals surface area contributed by atoms with Gasteiger partial charge in [-0.25, -0.2) is 0 Å². The van der Waals surface area contributed by atoms with Crippen LogP contribution in [-0.2, 0) is 9.59 Å². The zero-order valence-electron chi connectivity index (χ0n) is 8.53. The minimum Gasteiger partial charge on any atom is -0.298 e. The molecular weight excluding hydrogens is 208 g/mol. The standard InChI is InChI=1S/C12H12O2S/c1-12(10(13)7-8-11(12)14)15-9-5-3-2-4-6-9/h2-6H,7-8H2,1H3. The predicted molar refractivity (Wildman–Crippen MR) is 60.0 cm³/mol. The van der Waals surface area contributed by atoms with Crippen LogP contribution in [0.15, 0.2) is 35.2 Å². The molecule has 15 heavy (non-hydrogen) atoms. The summed E-state index contributed by atoms with van der Waals surface area (Å²) < 4.78 is -0.846. The van der Waals surface area contributed by atoms with E-state index in [0.29, 0.717) is 12.8 Å². The van der Waals surface area contributed by atoms with E-state index in [2.05, 4.69) is 0 Å². The quantitative estimate of drug-likeness (QED) is 0.718. The van der Waals surface area contributed by atoms with Crippen molar-refractivity contribution in [3.63, 3.8) is 0 Å². The monoisotopic (exact) mass is 220 g/mol. The van der Waals surface area contributed by atoms with Crippen molar-refractivity contribution in [1.29, 1.82) is 0 Å². The van der Waals surface area contributed by atoms with Gasteiger partial charge >= 0.3 is 0 Å². The molecule has 0 radical (unpaired) electrons. The second-order valence-corrected chi connectivity index (χ2v) is 5.29. The Balaban J connectivity index is 2.24. The number of hydrogen-bond acceptors (Lipinski definition) is 3. The van der Waals surface area contributed by atoms with Crippen molar-refractivity contribution in [1.82, 2.24) is 0 Å². The number of benzene rings is 1. The Morgan fingerprint density at radius 3 is 2.13 bits per heavy atom. The average Bonchev–Trinajstić information content (AvgIpc) is 2.48. The molecule has 1 aliphatic carbocycles. The van der Waals surface area contributed by atoms with Crippen LogP contribution in [0.4, 0.5) is 0 Å². The fraction of sp³-hybridized carbons (Fsp3) is 0.333. The first-order chi connectivity index (χ1) is 7.13. The molecule has 1 aliphatic rings. The van der Waals surface area contributed by atoms with Crippen LogP contribution in [0.2, 0.25) is 0 Å². The van der Waals surface area contributed by atoms with E-state index in [-0.39, 0.29) is 11.6 Å².